The lowest BCUT2D eigenvalue weighted by molar-refractivity contribution is 0.252. The third-order valence-electron chi connectivity index (χ3n) is 2.40. The molecule has 0 aliphatic heterocycles. The van der Waals surface area contributed by atoms with E-state index in [0.717, 1.165) is 6.42 Å². The van der Waals surface area contributed by atoms with Crippen LogP contribution in [0.3, 0.4) is 0 Å². The van der Waals surface area contributed by atoms with Crippen LogP contribution in [0.15, 0.2) is 24.3 Å². The first-order valence-electron chi connectivity index (χ1n) is 5.86. The average Bonchev–Trinajstić information content (AvgIpc) is 2.83. The number of H-pyrrole nitrogens is 1. The van der Waals surface area contributed by atoms with Gasteiger partial charge in [0.15, 0.2) is 0 Å². The van der Waals surface area contributed by atoms with Crippen LogP contribution in [0.1, 0.15) is 13.3 Å². The first kappa shape index (κ1) is 13.2. The second-order valence-corrected chi connectivity index (χ2v) is 4.18. The van der Waals surface area contributed by atoms with Gasteiger partial charge < -0.3 is 10.6 Å². The molecule has 0 spiro atoms. The molecule has 0 fully saturated rings. The number of tetrazole rings is 1. The average molecular weight is 278 g/mol. The second kappa shape index (κ2) is 6.10. The van der Waals surface area contributed by atoms with Crippen molar-refractivity contribution in [2.45, 2.75) is 13.3 Å². The molecule has 0 aliphatic rings. The highest BCUT2D eigenvalue weighted by Gasteiger charge is 2.08. The zero-order chi connectivity index (χ0) is 13.7. The summed E-state index contributed by atoms with van der Waals surface area (Å²) in [5.41, 5.74) is 1.31. The van der Waals surface area contributed by atoms with E-state index in [1.807, 2.05) is 25.1 Å². The molecule has 1 heterocycles. The zero-order valence-corrected chi connectivity index (χ0v) is 11.2. The molecule has 19 heavy (non-hydrogen) atoms. The lowest BCUT2D eigenvalue weighted by Crippen LogP contribution is -2.29. The Bertz CT molecular complexity index is 619. The molecule has 0 saturated heterocycles. The molecular formula is C11H14N6OS. The minimum absolute atomic E-state index is 0.256. The number of hydrogen-bond acceptors (Lipinski definition) is 4. The molecule has 1 aromatic carbocycles. The van der Waals surface area contributed by atoms with Crippen molar-refractivity contribution in [2.24, 2.45) is 0 Å². The largest absolute Gasteiger partial charge is 0.338 e. The SMILES string of the molecule is CCCNC(=O)Nc1ccccc1-n1[nH]nnc1=S. The second-order valence-electron chi connectivity index (χ2n) is 3.82. The van der Waals surface area contributed by atoms with Crippen LogP contribution in [0, 0.1) is 4.77 Å². The number of urea groups is 1. The number of nitrogens with one attached hydrogen (secondary N) is 3. The minimum atomic E-state index is -0.256. The van der Waals surface area contributed by atoms with E-state index in [1.165, 1.54) is 4.68 Å². The molecule has 3 N–H and O–H groups in total. The van der Waals surface area contributed by atoms with Gasteiger partial charge in [-0.3, -0.25) is 0 Å². The lowest BCUT2D eigenvalue weighted by atomic mass is 10.2. The molecule has 1 aromatic heterocycles. The van der Waals surface area contributed by atoms with Crippen molar-refractivity contribution in [1.29, 1.82) is 0 Å². The topological polar surface area (TPSA) is 87.6 Å². The first-order chi connectivity index (χ1) is 9.22. The molecule has 2 aromatic rings. The summed E-state index contributed by atoms with van der Waals surface area (Å²) in [6.07, 6.45) is 0.880. The van der Waals surface area contributed by atoms with Gasteiger partial charge in [0, 0.05) is 6.54 Å². The van der Waals surface area contributed by atoms with Crippen LogP contribution in [0.5, 0.6) is 0 Å². The number of aromatic amines is 1. The highest BCUT2D eigenvalue weighted by Crippen LogP contribution is 2.18. The Morgan fingerprint density at radius 1 is 1.47 bits per heavy atom. The molecule has 0 saturated carbocycles. The van der Waals surface area contributed by atoms with Crippen LogP contribution in [0.4, 0.5) is 10.5 Å². The van der Waals surface area contributed by atoms with Crippen LogP contribution in [0.2, 0.25) is 0 Å². The Morgan fingerprint density at radius 3 is 2.95 bits per heavy atom. The van der Waals surface area contributed by atoms with E-state index in [1.54, 1.807) is 6.07 Å². The first-order valence-corrected chi connectivity index (χ1v) is 6.27. The van der Waals surface area contributed by atoms with Crippen molar-refractivity contribution in [3.8, 4) is 5.69 Å². The van der Waals surface area contributed by atoms with Crippen molar-refractivity contribution in [1.82, 2.24) is 25.5 Å². The van der Waals surface area contributed by atoms with E-state index in [4.69, 9.17) is 12.2 Å². The van der Waals surface area contributed by atoms with Gasteiger partial charge >= 0.3 is 6.03 Å². The Hall–Kier alpha value is -2.22. The molecule has 2 amide bonds. The molecule has 0 atom stereocenters. The van der Waals surface area contributed by atoms with Crippen LogP contribution >= 0.6 is 12.2 Å². The van der Waals surface area contributed by atoms with Crippen molar-refractivity contribution >= 4 is 23.9 Å². The van der Waals surface area contributed by atoms with Gasteiger partial charge in [-0.2, -0.15) is 5.21 Å². The predicted molar refractivity (Wildman–Crippen MR) is 73.9 cm³/mol. The zero-order valence-electron chi connectivity index (χ0n) is 10.4. The van der Waals surface area contributed by atoms with E-state index < -0.39 is 0 Å². The fourth-order valence-electron chi connectivity index (χ4n) is 1.53. The van der Waals surface area contributed by atoms with Gasteiger partial charge in [0.25, 0.3) is 0 Å². The van der Waals surface area contributed by atoms with Gasteiger partial charge in [-0.1, -0.05) is 29.4 Å². The number of rotatable bonds is 4. The Labute approximate surface area is 115 Å². The van der Waals surface area contributed by atoms with Gasteiger partial charge in [-0.15, -0.1) is 0 Å². The number of amides is 2. The number of benzene rings is 1. The standard InChI is InChI=1S/C11H14N6OS/c1-2-7-12-10(18)13-8-5-3-4-6-9(8)17-11(19)14-15-16-17/h3-6H,2,7H2,1H3,(H2,12,13,18)(H,14,16,19). The van der Waals surface area contributed by atoms with Crippen molar-refractivity contribution in [2.75, 3.05) is 11.9 Å². The normalized spacial score (nSPS) is 10.2. The van der Waals surface area contributed by atoms with E-state index in [2.05, 4.69) is 26.2 Å². The monoisotopic (exact) mass is 278 g/mol. The molecule has 7 nitrogen and oxygen atoms in total. The summed E-state index contributed by atoms with van der Waals surface area (Å²) >= 11 is 5.04. The van der Waals surface area contributed by atoms with Crippen molar-refractivity contribution in [3.05, 3.63) is 29.0 Å². The third kappa shape index (κ3) is 3.16. The maximum Gasteiger partial charge on any atom is 0.319 e. The summed E-state index contributed by atoms with van der Waals surface area (Å²) < 4.78 is 1.81. The number of nitrogens with zero attached hydrogens (tertiary/aromatic N) is 3. The molecule has 100 valence electrons. The number of carbonyl (C=O) groups excluding carboxylic acids is 1. The molecule has 0 radical (unpaired) electrons. The van der Waals surface area contributed by atoms with E-state index in [9.17, 15) is 4.79 Å². The fraction of sp³-hybridized carbons (Fsp3) is 0.273. The van der Waals surface area contributed by atoms with E-state index in [0.29, 0.717) is 22.7 Å². The smallest absolute Gasteiger partial charge is 0.319 e. The Kier molecular flexibility index (Phi) is 4.24. The van der Waals surface area contributed by atoms with Gasteiger partial charge in [-0.25, -0.2) is 9.48 Å². The van der Waals surface area contributed by atoms with Crippen LogP contribution in [-0.4, -0.2) is 32.8 Å². The summed E-state index contributed by atoms with van der Waals surface area (Å²) in [6, 6.07) is 7.00. The van der Waals surface area contributed by atoms with Crippen molar-refractivity contribution in [3.63, 3.8) is 0 Å². The van der Waals surface area contributed by atoms with Gasteiger partial charge in [0.2, 0.25) is 4.77 Å². The molecule has 8 heteroatoms. The molecule has 0 aliphatic carbocycles. The predicted octanol–water partition coefficient (Wildman–Crippen LogP) is 1.86. The summed E-state index contributed by atoms with van der Waals surface area (Å²) in [5.74, 6) is 0. The summed E-state index contributed by atoms with van der Waals surface area (Å²) in [7, 11) is 0. The highest BCUT2D eigenvalue weighted by molar-refractivity contribution is 7.71. The Balaban J connectivity index is 2.25. The summed E-state index contributed by atoms with van der Waals surface area (Å²) in [6.45, 7) is 2.61. The number of aromatic nitrogens is 4. The number of hydrogen-bond donors (Lipinski definition) is 3. The van der Waals surface area contributed by atoms with Gasteiger partial charge in [-0.05, 0) is 30.8 Å². The van der Waals surface area contributed by atoms with E-state index in [-0.39, 0.29) is 6.03 Å². The quantitative estimate of drug-likeness (QED) is 0.745. The Morgan fingerprint density at radius 2 is 2.26 bits per heavy atom. The van der Waals surface area contributed by atoms with Gasteiger partial charge in [0.1, 0.15) is 0 Å². The summed E-state index contributed by atoms with van der Waals surface area (Å²) in [4.78, 5) is 11.7. The lowest BCUT2D eigenvalue weighted by Gasteiger charge is -2.11. The van der Waals surface area contributed by atoms with Gasteiger partial charge in [0.05, 0.1) is 11.4 Å². The van der Waals surface area contributed by atoms with Crippen LogP contribution in [0.25, 0.3) is 5.69 Å². The molecule has 0 unspecified atom stereocenters. The van der Waals surface area contributed by atoms with Crippen molar-refractivity contribution < 1.29 is 4.79 Å². The number of carbonyl (C=O) groups is 1. The van der Waals surface area contributed by atoms with Crippen LogP contribution in [-0.2, 0) is 0 Å². The molecule has 2 rings (SSSR count). The van der Waals surface area contributed by atoms with E-state index >= 15 is 0 Å². The molecular weight excluding hydrogens is 264 g/mol. The third-order valence-corrected chi connectivity index (χ3v) is 2.66. The number of para-hydroxylation sites is 2. The maximum atomic E-state index is 11.7. The molecule has 0 bridgehead atoms. The summed E-state index contributed by atoms with van der Waals surface area (Å²) in [5, 5.41) is 15.5. The maximum absolute atomic E-state index is 11.7. The van der Waals surface area contributed by atoms with Crippen LogP contribution < -0.4 is 10.6 Å². The minimum Gasteiger partial charge on any atom is -0.338 e. The highest BCUT2D eigenvalue weighted by atomic mass is 32.1. The number of anilines is 1. The fourth-order valence-corrected chi connectivity index (χ4v) is 1.71.